The second-order valence-electron chi connectivity index (χ2n) is 3.86. The lowest BCUT2D eigenvalue weighted by atomic mass is 10.2. The summed E-state index contributed by atoms with van der Waals surface area (Å²) in [7, 11) is -3.37. The highest BCUT2D eigenvalue weighted by Crippen LogP contribution is 2.17. The monoisotopic (exact) mass is 284 g/mol. The van der Waals surface area contributed by atoms with Crippen LogP contribution in [0, 0.1) is 0 Å². The maximum absolute atomic E-state index is 12.4. The molecule has 0 aliphatic heterocycles. The third-order valence-electron chi connectivity index (χ3n) is 2.98. The fourth-order valence-corrected chi connectivity index (χ4v) is 4.19. The van der Waals surface area contributed by atoms with Gasteiger partial charge in [0.15, 0.2) is 0 Å². The average Bonchev–Trinajstić information content (AvgIpc) is 2.30. The van der Waals surface area contributed by atoms with Crippen molar-refractivity contribution in [2.75, 3.05) is 25.5 Å². The van der Waals surface area contributed by atoms with Gasteiger partial charge in [0.2, 0.25) is 0 Å². The Balaban J connectivity index is 5.15. The molecule has 0 spiro atoms. The Morgan fingerprint density at radius 1 is 1.06 bits per heavy atom. The Kier molecular flexibility index (Phi) is 8.37. The zero-order chi connectivity index (χ0) is 13.5. The average molecular weight is 285 g/mol. The molecule has 0 aromatic heterocycles. The molecule has 0 unspecified atom stereocenters. The number of halogens is 1. The van der Waals surface area contributed by atoms with E-state index in [1.165, 1.54) is 4.31 Å². The first-order valence-corrected chi connectivity index (χ1v) is 8.25. The van der Waals surface area contributed by atoms with Gasteiger partial charge in [-0.15, -0.1) is 11.6 Å². The lowest BCUT2D eigenvalue weighted by molar-refractivity contribution is 0.285. The highest BCUT2D eigenvalue weighted by atomic mass is 35.5. The third kappa shape index (κ3) is 4.39. The SMILES string of the molecule is CCC(CC)N(CCCl)S(=O)(=O)N(CC)CC. The van der Waals surface area contributed by atoms with Crippen LogP contribution in [0.15, 0.2) is 0 Å². The third-order valence-corrected chi connectivity index (χ3v) is 5.39. The number of alkyl halides is 1. The highest BCUT2D eigenvalue weighted by Gasteiger charge is 2.31. The van der Waals surface area contributed by atoms with Crippen LogP contribution >= 0.6 is 11.6 Å². The minimum Gasteiger partial charge on any atom is -0.195 e. The second-order valence-corrected chi connectivity index (χ2v) is 6.12. The zero-order valence-corrected chi connectivity index (χ0v) is 12.9. The van der Waals surface area contributed by atoms with Crippen molar-refractivity contribution in [3.05, 3.63) is 0 Å². The minimum absolute atomic E-state index is 0.0411. The van der Waals surface area contributed by atoms with Gasteiger partial charge in [-0.25, -0.2) is 0 Å². The summed E-state index contributed by atoms with van der Waals surface area (Å²) in [6.45, 7) is 9.10. The van der Waals surface area contributed by atoms with E-state index in [1.807, 2.05) is 27.7 Å². The summed E-state index contributed by atoms with van der Waals surface area (Å²) in [5, 5.41) is 0. The highest BCUT2D eigenvalue weighted by molar-refractivity contribution is 7.86. The molecule has 0 heterocycles. The molecule has 0 saturated carbocycles. The van der Waals surface area contributed by atoms with Crippen LogP contribution in [0.2, 0.25) is 0 Å². The Morgan fingerprint density at radius 2 is 1.53 bits per heavy atom. The summed E-state index contributed by atoms with van der Waals surface area (Å²) >= 11 is 5.73. The van der Waals surface area contributed by atoms with E-state index in [9.17, 15) is 8.42 Å². The van der Waals surface area contributed by atoms with Gasteiger partial charge >= 0.3 is 0 Å². The normalized spacial score (nSPS) is 12.9. The fourth-order valence-electron chi connectivity index (χ4n) is 1.96. The first-order chi connectivity index (χ1) is 7.99. The quantitative estimate of drug-likeness (QED) is 0.610. The molecular weight excluding hydrogens is 260 g/mol. The summed E-state index contributed by atoms with van der Waals surface area (Å²) in [5.74, 6) is 0.330. The van der Waals surface area contributed by atoms with Gasteiger partial charge in [0.1, 0.15) is 0 Å². The van der Waals surface area contributed by atoms with E-state index in [2.05, 4.69) is 0 Å². The summed E-state index contributed by atoms with van der Waals surface area (Å²) in [6.07, 6.45) is 1.63. The van der Waals surface area contributed by atoms with Crippen LogP contribution in [0.5, 0.6) is 0 Å². The van der Waals surface area contributed by atoms with Crippen LogP contribution in [0.4, 0.5) is 0 Å². The van der Waals surface area contributed by atoms with Crippen LogP contribution in [0.3, 0.4) is 0 Å². The van der Waals surface area contributed by atoms with Gasteiger partial charge in [0.25, 0.3) is 10.2 Å². The summed E-state index contributed by atoms with van der Waals surface area (Å²) in [5.41, 5.74) is 0. The lowest BCUT2D eigenvalue weighted by Gasteiger charge is -2.33. The summed E-state index contributed by atoms with van der Waals surface area (Å²) in [6, 6.07) is 0.0411. The smallest absolute Gasteiger partial charge is 0.195 e. The van der Waals surface area contributed by atoms with Gasteiger partial charge in [0, 0.05) is 31.6 Å². The van der Waals surface area contributed by atoms with E-state index < -0.39 is 10.2 Å². The predicted molar refractivity (Wildman–Crippen MR) is 73.6 cm³/mol. The van der Waals surface area contributed by atoms with Crippen LogP contribution in [-0.2, 0) is 10.2 Å². The van der Waals surface area contributed by atoms with Crippen LogP contribution in [0.1, 0.15) is 40.5 Å². The predicted octanol–water partition coefficient (Wildman–Crippen LogP) is 2.30. The number of hydrogen-bond acceptors (Lipinski definition) is 2. The topological polar surface area (TPSA) is 40.6 Å². The summed E-state index contributed by atoms with van der Waals surface area (Å²) in [4.78, 5) is 0. The summed E-state index contributed by atoms with van der Waals surface area (Å²) < 4.78 is 27.9. The molecule has 0 aliphatic rings. The van der Waals surface area contributed by atoms with Crippen LogP contribution < -0.4 is 0 Å². The molecule has 0 radical (unpaired) electrons. The molecule has 0 atom stereocenters. The zero-order valence-electron chi connectivity index (χ0n) is 11.3. The van der Waals surface area contributed by atoms with E-state index in [-0.39, 0.29) is 6.04 Å². The van der Waals surface area contributed by atoms with E-state index in [0.717, 1.165) is 12.8 Å². The Bertz CT molecular complexity index is 288. The molecule has 0 aromatic carbocycles. The van der Waals surface area contributed by atoms with E-state index in [4.69, 9.17) is 11.6 Å². The molecule has 0 aromatic rings. The van der Waals surface area contributed by atoms with Crippen molar-refractivity contribution < 1.29 is 8.42 Å². The maximum Gasteiger partial charge on any atom is 0.282 e. The fraction of sp³-hybridized carbons (Fsp3) is 1.00. The number of hydrogen-bond donors (Lipinski definition) is 0. The largest absolute Gasteiger partial charge is 0.282 e. The molecule has 6 heteroatoms. The molecule has 0 amide bonds. The molecule has 0 fully saturated rings. The second kappa shape index (κ2) is 8.29. The molecular formula is C11H25ClN2O2S. The first kappa shape index (κ1) is 17.2. The van der Waals surface area contributed by atoms with Crippen molar-refractivity contribution in [3.63, 3.8) is 0 Å². The van der Waals surface area contributed by atoms with Crippen molar-refractivity contribution >= 4 is 21.8 Å². The number of rotatable bonds is 9. The van der Waals surface area contributed by atoms with Crippen molar-refractivity contribution in [1.82, 2.24) is 8.61 Å². The van der Waals surface area contributed by atoms with Crippen molar-refractivity contribution in [3.8, 4) is 0 Å². The molecule has 0 saturated heterocycles. The van der Waals surface area contributed by atoms with Gasteiger partial charge in [-0.1, -0.05) is 27.7 Å². The lowest BCUT2D eigenvalue weighted by Crippen LogP contribution is -2.49. The Labute approximate surface area is 111 Å². The molecule has 0 aliphatic carbocycles. The van der Waals surface area contributed by atoms with E-state index >= 15 is 0 Å². The minimum atomic E-state index is -3.37. The van der Waals surface area contributed by atoms with Gasteiger partial charge in [-0.3, -0.25) is 0 Å². The van der Waals surface area contributed by atoms with Gasteiger partial charge in [-0.05, 0) is 12.8 Å². The molecule has 104 valence electrons. The van der Waals surface area contributed by atoms with Crippen molar-refractivity contribution in [2.24, 2.45) is 0 Å². The van der Waals surface area contributed by atoms with Crippen molar-refractivity contribution in [2.45, 2.75) is 46.6 Å². The first-order valence-electron chi connectivity index (χ1n) is 6.32. The molecule has 0 bridgehead atoms. The Hall–Kier alpha value is 0.160. The standard InChI is InChI=1S/C11H25ClN2O2S/c1-5-11(6-2)14(10-9-12)17(15,16)13(7-3)8-4/h11H,5-10H2,1-4H3. The van der Waals surface area contributed by atoms with Crippen LogP contribution in [0.25, 0.3) is 0 Å². The van der Waals surface area contributed by atoms with E-state index in [0.29, 0.717) is 25.5 Å². The molecule has 17 heavy (non-hydrogen) atoms. The maximum atomic E-state index is 12.4. The molecule has 0 N–H and O–H groups in total. The number of nitrogens with zero attached hydrogens (tertiary/aromatic N) is 2. The molecule has 0 rings (SSSR count). The van der Waals surface area contributed by atoms with Gasteiger partial charge in [-0.2, -0.15) is 17.0 Å². The molecule has 4 nitrogen and oxygen atoms in total. The Morgan fingerprint density at radius 3 is 1.82 bits per heavy atom. The van der Waals surface area contributed by atoms with Gasteiger partial charge < -0.3 is 0 Å². The van der Waals surface area contributed by atoms with Crippen LogP contribution in [-0.4, -0.2) is 48.6 Å². The van der Waals surface area contributed by atoms with Crippen molar-refractivity contribution in [1.29, 1.82) is 0 Å². The van der Waals surface area contributed by atoms with Gasteiger partial charge in [0.05, 0.1) is 0 Å². The van der Waals surface area contributed by atoms with E-state index in [1.54, 1.807) is 4.31 Å².